The zero-order valence-electron chi connectivity index (χ0n) is 11.0. The lowest BCUT2D eigenvalue weighted by molar-refractivity contribution is 0.0971. The molecule has 1 aromatic carbocycles. The van der Waals surface area contributed by atoms with Crippen LogP contribution in [0.15, 0.2) is 51.9 Å². The molecule has 1 heterocycles. The summed E-state index contributed by atoms with van der Waals surface area (Å²) in [4.78, 5) is 23.8. The van der Waals surface area contributed by atoms with Crippen LogP contribution in [0.5, 0.6) is 5.75 Å². The van der Waals surface area contributed by atoms with Crippen molar-refractivity contribution < 1.29 is 9.53 Å². The van der Waals surface area contributed by atoms with Crippen LogP contribution >= 0.6 is 15.9 Å². The maximum Gasteiger partial charge on any atom is 0.251 e. The van der Waals surface area contributed by atoms with Crippen molar-refractivity contribution in [2.24, 2.45) is 0 Å². The van der Waals surface area contributed by atoms with Crippen molar-refractivity contribution in [2.75, 3.05) is 6.61 Å². The maximum absolute atomic E-state index is 12.1. The minimum absolute atomic E-state index is 0.0201. The Morgan fingerprint density at radius 2 is 1.90 bits per heavy atom. The van der Waals surface area contributed by atoms with Crippen molar-refractivity contribution in [1.29, 1.82) is 0 Å². The van der Waals surface area contributed by atoms with Crippen LogP contribution in [0.3, 0.4) is 0 Å². The van der Waals surface area contributed by atoms with Crippen LogP contribution in [0, 0.1) is 0 Å². The summed E-state index contributed by atoms with van der Waals surface area (Å²) in [6.45, 7) is 2.51. The molecule has 0 atom stereocenters. The van der Waals surface area contributed by atoms with Crippen LogP contribution in [-0.2, 0) is 6.54 Å². The van der Waals surface area contributed by atoms with Gasteiger partial charge in [-0.1, -0.05) is 0 Å². The van der Waals surface area contributed by atoms with E-state index in [9.17, 15) is 9.59 Å². The fourth-order valence-corrected chi connectivity index (χ4v) is 2.15. The normalized spacial score (nSPS) is 10.3. The quantitative estimate of drug-likeness (QED) is 0.789. The van der Waals surface area contributed by atoms with E-state index in [1.807, 2.05) is 6.92 Å². The molecule has 0 radical (unpaired) electrons. The lowest BCUT2D eigenvalue weighted by atomic mass is 10.1. The molecule has 104 valence electrons. The summed E-state index contributed by atoms with van der Waals surface area (Å²) >= 11 is 3.28. The van der Waals surface area contributed by atoms with Gasteiger partial charge >= 0.3 is 0 Å². The molecular formula is C15H14BrNO3. The second-order valence-electron chi connectivity index (χ2n) is 4.19. The highest BCUT2D eigenvalue weighted by atomic mass is 79.9. The van der Waals surface area contributed by atoms with Crippen LogP contribution in [0.4, 0.5) is 0 Å². The molecule has 2 rings (SSSR count). The lowest BCUT2D eigenvalue weighted by Crippen LogP contribution is -2.22. The summed E-state index contributed by atoms with van der Waals surface area (Å²) in [5, 5.41) is 0. The highest BCUT2D eigenvalue weighted by molar-refractivity contribution is 9.10. The Labute approximate surface area is 125 Å². The SMILES string of the molecule is CCOc1ccc(C(=O)Cn2cc(Br)ccc2=O)cc1. The number of hydrogen-bond acceptors (Lipinski definition) is 3. The van der Waals surface area contributed by atoms with Crippen LogP contribution in [0.25, 0.3) is 0 Å². The second kappa shape index (κ2) is 6.52. The van der Waals surface area contributed by atoms with Gasteiger partial charge in [-0.15, -0.1) is 0 Å². The van der Waals surface area contributed by atoms with Gasteiger partial charge in [0.2, 0.25) is 0 Å². The van der Waals surface area contributed by atoms with Gasteiger partial charge in [-0.2, -0.15) is 0 Å². The van der Waals surface area contributed by atoms with Gasteiger partial charge in [0.15, 0.2) is 5.78 Å². The van der Waals surface area contributed by atoms with E-state index in [0.29, 0.717) is 12.2 Å². The van der Waals surface area contributed by atoms with Gasteiger partial charge in [0.05, 0.1) is 13.2 Å². The second-order valence-corrected chi connectivity index (χ2v) is 5.11. The predicted molar refractivity (Wildman–Crippen MR) is 80.3 cm³/mol. The van der Waals surface area contributed by atoms with E-state index in [1.54, 1.807) is 36.5 Å². The molecule has 0 spiro atoms. The number of aromatic nitrogens is 1. The summed E-state index contributed by atoms with van der Waals surface area (Å²) in [5.74, 6) is 0.608. The number of benzene rings is 1. The fourth-order valence-electron chi connectivity index (χ4n) is 1.78. The maximum atomic E-state index is 12.1. The molecule has 4 nitrogen and oxygen atoms in total. The Morgan fingerprint density at radius 3 is 2.55 bits per heavy atom. The lowest BCUT2D eigenvalue weighted by Gasteiger charge is -2.07. The fraction of sp³-hybridized carbons (Fsp3) is 0.200. The number of nitrogens with zero attached hydrogens (tertiary/aromatic N) is 1. The minimum atomic E-state index is -0.201. The average molecular weight is 336 g/mol. The molecule has 0 fully saturated rings. The number of ketones is 1. The van der Waals surface area contributed by atoms with Gasteiger partial charge in [-0.05, 0) is 53.2 Å². The number of carbonyl (C=O) groups is 1. The van der Waals surface area contributed by atoms with Gasteiger partial charge in [0.1, 0.15) is 5.75 Å². The molecule has 0 aliphatic carbocycles. The smallest absolute Gasteiger partial charge is 0.251 e. The largest absolute Gasteiger partial charge is 0.494 e. The summed E-state index contributed by atoms with van der Waals surface area (Å²) in [6.07, 6.45) is 1.61. The zero-order valence-corrected chi connectivity index (χ0v) is 12.6. The molecule has 0 saturated heterocycles. The van der Waals surface area contributed by atoms with E-state index in [2.05, 4.69) is 15.9 Å². The van der Waals surface area contributed by atoms with E-state index in [4.69, 9.17) is 4.74 Å². The number of pyridine rings is 1. The third kappa shape index (κ3) is 3.57. The van der Waals surface area contributed by atoms with Gasteiger partial charge in [-0.25, -0.2) is 0 Å². The number of ether oxygens (including phenoxy) is 1. The molecule has 20 heavy (non-hydrogen) atoms. The standard InChI is InChI=1S/C15H14BrNO3/c1-2-20-13-6-3-11(4-7-13)14(18)10-17-9-12(16)5-8-15(17)19/h3-9H,2,10H2,1H3. The van der Waals surface area contributed by atoms with Crippen molar-refractivity contribution in [3.8, 4) is 5.75 Å². The Kier molecular flexibility index (Phi) is 4.74. The Bertz CT molecular complexity index is 662. The van der Waals surface area contributed by atoms with Crippen molar-refractivity contribution >= 4 is 21.7 Å². The van der Waals surface area contributed by atoms with E-state index < -0.39 is 0 Å². The number of halogens is 1. The van der Waals surface area contributed by atoms with Crippen LogP contribution in [0.1, 0.15) is 17.3 Å². The molecule has 0 bridgehead atoms. The number of hydrogen-bond donors (Lipinski definition) is 0. The Balaban J connectivity index is 2.15. The number of rotatable bonds is 5. The Hall–Kier alpha value is -1.88. The molecule has 0 amide bonds. The van der Waals surface area contributed by atoms with Crippen molar-refractivity contribution in [1.82, 2.24) is 4.57 Å². The van der Waals surface area contributed by atoms with Gasteiger partial charge in [0.25, 0.3) is 5.56 Å². The van der Waals surface area contributed by atoms with Crippen molar-refractivity contribution in [2.45, 2.75) is 13.5 Å². The first-order valence-corrected chi connectivity index (χ1v) is 7.01. The monoisotopic (exact) mass is 335 g/mol. The van der Waals surface area contributed by atoms with E-state index in [1.165, 1.54) is 10.6 Å². The third-order valence-corrected chi connectivity index (χ3v) is 3.22. The van der Waals surface area contributed by atoms with Gasteiger partial charge in [0, 0.05) is 22.3 Å². The summed E-state index contributed by atoms with van der Waals surface area (Å²) < 4.78 is 7.46. The summed E-state index contributed by atoms with van der Waals surface area (Å²) in [5.41, 5.74) is 0.354. The number of carbonyl (C=O) groups excluding carboxylic acids is 1. The Morgan fingerprint density at radius 1 is 1.20 bits per heavy atom. The van der Waals surface area contributed by atoms with Gasteiger partial charge < -0.3 is 9.30 Å². The molecule has 0 saturated carbocycles. The predicted octanol–water partition coefficient (Wildman–Crippen LogP) is 2.89. The van der Waals surface area contributed by atoms with Crippen molar-refractivity contribution in [3.05, 3.63) is 63.0 Å². The van der Waals surface area contributed by atoms with E-state index in [-0.39, 0.29) is 17.9 Å². The van der Waals surface area contributed by atoms with Crippen LogP contribution < -0.4 is 10.3 Å². The van der Waals surface area contributed by atoms with Crippen LogP contribution in [-0.4, -0.2) is 17.0 Å². The molecule has 0 N–H and O–H groups in total. The average Bonchev–Trinajstić information content (AvgIpc) is 2.44. The zero-order chi connectivity index (χ0) is 14.5. The van der Waals surface area contributed by atoms with E-state index in [0.717, 1.165) is 10.2 Å². The molecule has 0 unspecified atom stereocenters. The van der Waals surface area contributed by atoms with E-state index >= 15 is 0 Å². The molecule has 2 aromatic rings. The third-order valence-electron chi connectivity index (χ3n) is 2.75. The van der Waals surface area contributed by atoms with Gasteiger partial charge in [-0.3, -0.25) is 9.59 Å². The summed E-state index contributed by atoms with van der Waals surface area (Å²) in [6, 6.07) is 9.99. The first-order chi connectivity index (χ1) is 9.60. The molecule has 0 aliphatic heterocycles. The molecule has 0 aliphatic rings. The topological polar surface area (TPSA) is 48.3 Å². The van der Waals surface area contributed by atoms with Crippen LogP contribution in [0.2, 0.25) is 0 Å². The molecule has 5 heteroatoms. The first-order valence-electron chi connectivity index (χ1n) is 6.22. The first kappa shape index (κ1) is 14.5. The molecular weight excluding hydrogens is 322 g/mol. The highest BCUT2D eigenvalue weighted by Crippen LogP contribution is 2.13. The van der Waals surface area contributed by atoms with Crippen molar-refractivity contribution in [3.63, 3.8) is 0 Å². The summed E-state index contributed by atoms with van der Waals surface area (Å²) in [7, 11) is 0. The number of Topliss-reactive ketones (excluding diaryl/α,β-unsaturated/α-hetero) is 1. The molecule has 1 aromatic heterocycles. The minimum Gasteiger partial charge on any atom is -0.494 e. The highest BCUT2D eigenvalue weighted by Gasteiger charge is 2.08.